The summed E-state index contributed by atoms with van der Waals surface area (Å²) in [5, 5.41) is 4.09. The molecule has 1 aromatic rings. The molecule has 3 heteroatoms. The summed E-state index contributed by atoms with van der Waals surface area (Å²) in [4.78, 5) is 10.7. The minimum atomic E-state index is -0.0950. The lowest BCUT2D eigenvalue weighted by atomic mass is 9.99. The van der Waals surface area contributed by atoms with E-state index in [0.717, 1.165) is 17.6 Å². The highest BCUT2D eigenvalue weighted by atomic mass is 16.1. The van der Waals surface area contributed by atoms with E-state index < -0.39 is 0 Å². The van der Waals surface area contributed by atoms with Gasteiger partial charge in [0, 0.05) is 6.54 Å². The summed E-state index contributed by atoms with van der Waals surface area (Å²) in [6, 6.07) is 9.75. The number of hydrazone groups is 1. The molecule has 1 aromatic carbocycles. The summed E-state index contributed by atoms with van der Waals surface area (Å²) >= 11 is 0. The molecule has 1 aliphatic rings. The third-order valence-electron chi connectivity index (χ3n) is 2.10. The Morgan fingerprint density at radius 2 is 2.15 bits per heavy atom. The molecule has 1 N–H and O–H groups in total. The monoisotopic (exact) mass is 174 g/mol. The van der Waals surface area contributed by atoms with E-state index in [-0.39, 0.29) is 5.92 Å². The number of nitrogens with one attached hydrogen (secondary N) is 1. The third kappa shape index (κ3) is 1.45. The first-order chi connectivity index (χ1) is 6.42. The zero-order chi connectivity index (χ0) is 9.10. The van der Waals surface area contributed by atoms with E-state index in [0.29, 0.717) is 6.54 Å². The van der Waals surface area contributed by atoms with Gasteiger partial charge in [-0.1, -0.05) is 30.3 Å². The van der Waals surface area contributed by atoms with Crippen LogP contribution in [-0.4, -0.2) is 18.5 Å². The van der Waals surface area contributed by atoms with E-state index in [2.05, 4.69) is 10.5 Å². The third-order valence-corrected chi connectivity index (χ3v) is 2.10. The van der Waals surface area contributed by atoms with Gasteiger partial charge < -0.3 is 10.2 Å². The minimum Gasteiger partial charge on any atom is -0.309 e. The van der Waals surface area contributed by atoms with E-state index in [1.54, 1.807) is 0 Å². The van der Waals surface area contributed by atoms with Crippen LogP contribution in [0.25, 0.3) is 0 Å². The van der Waals surface area contributed by atoms with Crippen molar-refractivity contribution in [2.45, 2.75) is 0 Å². The van der Waals surface area contributed by atoms with Gasteiger partial charge in [-0.25, -0.2) is 0 Å². The van der Waals surface area contributed by atoms with Crippen molar-refractivity contribution in [3.05, 3.63) is 35.9 Å². The highest BCUT2D eigenvalue weighted by Crippen LogP contribution is 2.11. The van der Waals surface area contributed by atoms with Crippen LogP contribution in [0.4, 0.5) is 0 Å². The van der Waals surface area contributed by atoms with Gasteiger partial charge in [-0.2, -0.15) is 5.10 Å². The molecule has 0 aromatic heterocycles. The first-order valence-corrected chi connectivity index (χ1v) is 4.23. The van der Waals surface area contributed by atoms with Gasteiger partial charge in [0.05, 0.1) is 11.6 Å². The fraction of sp³-hybridized carbons (Fsp3) is 0.200. The second-order valence-corrected chi connectivity index (χ2v) is 2.97. The van der Waals surface area contributed by atoms with Crippen molar-refractivity contribution in [2.24, 2.45) is 11.0 Å². The highest BCUT2D eigenvalue weighted by Gasteiger charge is 2.21. The number of aldehydes is 1. The van der Waals surface area contributed by atoms with Crippen molar-refractivity contribution in [1.82, 2.24) is 5.43 Å². The Kier molecular flexibility index (Phi) is 2.08. The molecule has 0 fully saturated rings. The van der Waals surface area contributed by atoms with Gasteiger partial charge in [0.25, 0.3) is 0 Å². The molecular weight excluding hydrogens is 164 g/mol. The van der Waals surface area contributed by atoms with Gasteiger partial charge in [0.1, 0.15) is 6.29 Å². The van der Waals surface area contributed by atoms with Crippen molar-refractivity contribution < 1.29 is 4.79 Å². The van der Waals surface area contributed by atoms with Crippen LogP contribution in [0.2, 0.25) is 0 Å². The molecule has 0 spiro atoms. The fourth-order valence-corrected chi connectivity index (χ4v) is 1.41. The molecule has 3 nitrogen and oxygen atoms in total. The van der Waals surface area contributed by atoms with E-state index >= 15 is 0 Å². The molecule has 0 aliphatic carbocycles. The van der Waals surface area contributed by atoms with Crippen LogP contribution >= 0.6 is 0 Å². The average molecular weight is 174 g/mol. The Morgan fingerprint density at radius 3 is 2.85 bits per heavy atom. The summed E-state index contributed by atoms with van der Waals surface area (Å²) in [6.07, 6.45) is 0.936. The maximum Gasteiger partial charge on any atom is 0.130 e. The maximum absolute atomic E-state index is 10.7. The Morgan fingerprint density at radius 1 is 1.38 bits per heavy atom. The van der Waals surface area contributed by atoms with Crippen LogP contribution < -0.4 is 5.43 Å². The zero-order valence-electron chi connectivity index (χ0n) is 7.10. The predicted octanol–water partition coefficient (Wildman–Crippen LogP) is 0.809. The Bertz CT molecular complexity index is 332. The van der Waals surface area contributed by atoms with Gasteiger partial charge in [-0.15, -0.1) is 0 Å². The molecule has 66 valence electrons. The van der Waals surface area contributed by atoms with Crippen LogP contribution in [0.1, 0.15) is 5.56 Å². The lowest BCUT2D eigenvalue weighted by Crippen LogP contribution is -2.17. The van der Waals surface area contributed by atoms with Crippen molar-refractivity contribution in [3.8, 4) is 0 Å². The van der Waals surface area contributed by atoms with Gasteiger partial charge in [-0.3, -0.25) is 0 Å². The number of hydrogen-bond acceptors (Lipinski definition) is 3. The number of carbonyl (C=O) groups is 1. The smallest absolute Gasteiger partial charge is 0.130 e. The molecule has 1 atom stereocenters. The first kappa shape index (κ1) is 7.98. The van der Waals surface area contributed by atoms with Gasteiger partial charge in [0.15, 0.2) is 0 Å². The van der Waals surface area contributed by atoms with Crippen LogP contribution in [0, 0.1) is 5.92 Å². The van der Waals surface area contributed by atoms with Crippen molar-refractivity contribution in [2.75, 3.05) is 6.54 Å². The van der Waals surface area contributed by atoms with Crippen molar-refractivity contribution in [1.29, 1.82) is 0 Å². The summed E-state index contributed by atoms with van der Waals surface area (Å²) in [5.74, 6) is -0.0950. The molecule has 0 radical (unpaired) electrons. The van der Waals surface area contributed by atoms with Crippen LogP contribution in [-0.2, 0) is 4.79 Å². The van der Waals surface area contributed by atoms with Gasteiger partial charge >= 0.3 is 0 Å². The van der Waals surface area contributed by atoms with Gasteiger partial charge in [0.2, 0.25) is 0 Å². The van der Waals surface area contributed by atoms with E-state index in [1.165, 1.54) is 0 Å². The molecule has 1 heterocycles. The number of nitrogens with zero attached hydrogens (tertiary/aromatic N) is 1. The first-order valence-electron chi connectivity index (χ1n) is 4.23. The van der Waals surface area contributed by atoms with Crippen LogP contribution in [0.5, 0.6) is 0 Å². The molecule has 0 saturated carbocycles. The Hall–Kier alpha value is -1.64. The minimum absolute atomic E-state index is 0.0950. The summed E-state index contributed by atoms with van der Waals surface area (Å²) < 4.78 is 0. The number of carbonyl (C=O) groups excluding carboxylic acids is 1. The average Bonchev–Trinajstić information content (AvgIpc) is 2.67. The van der Waals surface area contributed by atoms with E-state index in [4.69, 9.17) is 0 Å². The molecule has 13 heavy (non-hydrogen) atoms. The zero-order valence-corrected chi connectivity index (χ0v) is 7.10. The number of benzene rings is 1. The summed E-state index contributed by atoms with van der Waals surface area (Å²) in [7, 11) is 0. The quantitative estimate of drug-likeness (QED) is 0.674. The molecule has 1 aliphatic heterocycles. The normalized spacial score (nSPS) is 20.6. The standard InChI is InChI=1S/C10H10N2O/c13-7-9-6-11-12-10(9)8-4-2-1-3-5-8/h1-5,7,9,11H,6H2. The van der Waals surface area contributed by atoms with E-state index in [9.17, 15) is 4.79 Å². The van der Waals surface area contributed by atoms with Crippen molar-refractivity contribution >= 4 is 12.0 Å². The second kappa shape index (κ2) is 3.39. The maximum atomic E-state index is 10.7. The van der Waals surface area contributed by atoms with Crippen LogP contribution in [0.15, 0.2) is 35.4 Å². The summed E-state index contributed by atoms with van der Waals surface area (Å²) in [6.45, 7) is 0.619. The molecule has 2 rings (SSSR count). The summed E-state index contributed by atoms with van der Waals surface area (Å²) in [5.41, 5.74) is 4.69. The predicted molar refractivity (Wildman–Crippen MR) is 50.5 cm³/mol. The van der Waals surface area contributed by atoms with E-state index in [1.807, 2.05) is 30.3 Å². The van der Waals surface area contributed by atoms with Crippen molar-refractivity contribution in [3.63, 3.8) is 0 Å². The SMILES string of the molecule is O=CC1CNN=C1c1ccccc1. The molecule has 0 amide bonds. The lowest BCUT2D eigenvalue weighted by Gasteiger charge is -2.02. The molecular formula is C10H10N2O. The van der Waals surface area contributed by atoms with Gasteiger partial charge in [-0.05, 0) is 5.56 Å². The largest absolute Gasteiger partial charge is 0.309 e. The Labute approximate surface area is 76.5 Å². The topological polar surface area (TPSA) is 41.5 Å². The molecule has 0 bridgehead atoms. The lowest BCUT2D eigenvalue weighted by molar-refractivity contribution is -0.109. The van der Waals surface area contributed by atoms with Crippen LogP contribution in [0.3, 0.4) is 0 Å². The molecule has 1 unspecified atom stereocenters. The Balaban J connectivity index is 2.31. The molecule has 0 saturated heterocycles. The highest BCUT2D eigenvalue weighted by molar-refractivity contribution is 6.09. The fourth-order valence-electron chi connectivity index (χ4n) is 1.41. The number of rotatable bonds is 2. The number of hydrogen-bond donors (Lipinski definition) is 1. The second-order valence-electron chi connectivity index (χ2n) is 2.97.